The summed E-state index contributed by atoms with van der Waals surface area (Å²) in [6.45, 7) is 2.71. The van der Waals surface area contributed by atoms with Crippen LogP contribution in [0.5, 0.6) is 0 Å². The van der Waals surface area contributed by atoms with Crippen molar-refractivity contribution in [3.63, 3.8) is 0 Å². The molecule has 1 aromatic heterocycles. The van der Waals surface area contributed by atoms with Crippen LogP contribution in [-0.2, 0) is 0 Å². The Morgan fingerprint density at radius 2 is 2.00 bits per heavy atom. The lowest BCUT2D eigenvalue weighted by Crippen LogP contribution is -2.23. The maximum Gasteiger partial charge on any atom is 0.251 e. The van der Waals surface area contributed by atoms with Gasteiger partial charge in [-0.3, -0.25) is 14.8 Å². The number of carbonyl (C=O) groups is 1. The monoisotopic (exact) mass is 215 g/mol. The Balaban J connectivity index is 2.28. The summed E-state index contributed by atoms with van der Waals surface area (Å²) in [5, 5.41) is 2.83. The van der Waals surface area contributed by atoms with Gasteiger partial charge in [0.25, 0.3) is 5.91 Å². The number of fused-ring (bicyclic) bond motifs is 1. The summed E-state index contributed by atoms with van der Waals surface area (Å²) in [6.07, 6.45) is 4.19. The maximum atomic E-state index is 11.7. The first-order valence-electron chi connectivity index (χ1n) is 5.30. The Kier molecular flexibility index (Phi) is 3.10. The summed E-state index contributed by atoms with van der Waals surface area (Å²) in [5.41, 5.74) is 2.17. The fourth-order valence-corrected chi connectivity index (χ4v) is 1.45. The second kappa shape index (κ2) is 4.70. The van der Waals surface area contributed by atoms with Crippen molar-refractivity contribution in [1.29, 1.82) is 0 Å². The number of carbonyl (C=O) groups excluding carboxylic acids is 1. The average Bonchev–Trinajstić information content (AvgIpc) is 2.35. The molecule has 0 atom stereocenters. The highest BCUT2D eigenvalue weighted by Crippen LogP contribution is 2.10. The molecule has 1 aromatic carbocycles. The van der Waals surface area contributed by atoms with Crippen molar-refractivity contribution in [3.05, 3.63) is 36.2 Å². The zero-order valence-electron chi connectivity index (χ0n) is 9.10. The fourth-order valence-electron chi connectivity index (χ4n) is 1.45. The lowest BCUT2D eigenvalue weighted by atomic mass is 10.2. The van der Waals surface area contributed by atoms with Crippen molar-refractivity contribution < 1.29 is 4.79 Å². The standard InChI is InChI=1S/C12H13N3O/c1-2-5-15-12(16)9-3-4-10-11(8-9)14-7-6-13-10/h3-4,6-8H,2,5H2,1H3,(H,15,16). The molecule has 1 N–H and O–H groups in total. The van der Waals surface area contributed by atoms with Crippen molar-refractivity contribution in [2.75, 3.05) is 6.54 Å². The van der Waals surface area contributed by atoms with Crippen LogP contribution in [0.3, 0.4) is 0 Å². The van der Waals surface area contributed by atoms with Gasteiger partial charge in [0.15, 0.2) is 0 Å². The zero-order valence-corrected chi connectivity index (χ0v) is 9.10. The van der Waals surface area contributed by atoms with Crippen LogP contribution in [0.15, 0.2) is 30.6 Å². The van der Waals surface area contributed by atoms with Crippen LogP contribution in [0.25, 0.3) is 11.0 Å². The quantitative estimate of drug-likeness (QED) is 0.848. The second-order valence-corrected chi connectivity index (χ2v) is 3.52. The van der Waals surface area contributed by atoms with Crippen LogP contribution in [0, 0.1) is 0 Å². The average molecular weight is 215 g/mol. The molecule has 0 aliphatic carbocycles. The Morgan fingerprint density at radius 1 is 1.25 bits per heavy atom. The number of aromatic nitrogens is 2. The molecule has 82 valence electrons. The minimum atomic E-state index is -0.0607. The number of rotatable bonds is 3. The first-order valence-corrected chi connectivity index (χ1v) is 5.30. The Labute approximate surface area is 93.7 Å². The lowest BCUT2D eigenvalue weighted by molar-refractivity contribution is 0.0954. The van der Waals surface area contributed by atoms with Gasteiger partial charge in [0.1, 0.15) is 0 Å². The summed E-state index contributed by atoms with van der Waals surface area (Å²) in [6, 6.07) is 5.33. The number of benzene rings is 1. The molecule has 16 heavy (non-hydrogen) atoms. The van der Waals surface area contributed by atoms with Crippen molar-refractivity contribution in [3.8, 4) is 0 Å². The van der Waals surface area contributed by atoms with E-state index in [2.05, 4.69) is 15.3 Å². The van der Waals surface area contributed by atoms with Gasteiger partial charge in [0.2, 0.25) is 0 Å². The molecular formula is C12H13N3O. The molecule has 1 heterocycles. The first-order chi connectivity index (χ1) is 7.81. The predicted octanol–water partition coefficient (Wildman–Crippen LogP) is 1.77. The summed E-state index contributed by atoms with van der Waals surface area (Å²) < 4.78 is 0. The lowest BCUT2D eigenvalue weighted by Gasteiger charge is -2.03. The number of nitrogens with zero attached hydrogens (tertiary/aromatic N) is 2. The van der Waals surface area contributed by atoms with E-state index in [9.17, 15) is 4.79 Å². The molecule has 0 spiro atoms. The minimum Gasteiger partial charge on any atom is -0.352 e. The van der Waals surface area contributed by atoms with Crippen molar-refractivity contribution in [2.45, 2.75) is 13.3 Å². The maximum absolute atomic E-state index is 11.7. The van der Waals surface area contributed by atoms with Crippen molar-refractivity contribution in [2.24, 2.45) is 0 Å². The van der Waals surface area contributed by atoms with E-state index in [4.69, 9.17) is 0 Å². The normalized spacial score (nSPS) is 10.3. The molecule has 0 unspecified atom stereocenters. The fraction of sp³-hybridized carbons (Fsp3) is 0.250. The van der Waals surface area contributed by atoms with Crippen LogP contribution >= 0.6 is 0 Å². The summed E-state index contributed by atoms with van der Waals surface area (Å²) >= 11 is 0. The third-order valence-corrected chi connectivity index (χ3v) is 2.27. The number of hydrogen-bond donors (Lipinski definition) is 1. The van der Waals surface area contributed by atoms with Gasteiger partial charge < -0.3 is 5.32 Å². The molecule has 0 fully saturated rings. The van der Waals surface area contributed by atoms with Crippen molar-refractivity contribution >= 4 is 16.9 Å². The molecule has 4 nitrogen and oxygen atoms in total. The van der Waals surface area contributed by atoms with Crippen LogP contribution in [-0.4, -0.2) is 22.4 Å². The Bertz CT molecular complexity index is 510. The molecule has 1 amide bonds. The smallest absolute Gasteiger partial charge is 0.251 e. The number of amides is 1. The van der Waals surface area contributed by atoms with E-state index < -0.39 is 0 Å². The van der Waals surface area contributed by atoms with Gasteiger partial charge in [-0.15, -0.1) is 0 Å². The first kappa shape index (κ1) is 10.5. The van der Waals surface area contributed by atoms with Gasteiger partial charge in [-0.05, 0) is 24.6 Å². The topological polar surface area (TPSA) is 54.9 Å². The van der Waals surface area contributed by atoms with E-state index in [1.807, 2.05) is 13.0 Å². The molecule has 0 aliphatic heterocycles. The molecule has 0 bridgehead atoms. The highest BCUT2D eigenvalue weighted by molar-refractivity contribution is 5.97. The van der Waals surface area contributed by atoms with Crippen LogP contribution in [0.1, 0.15) is 23.7 Å². The summed E-state index contributed by atoms with van der Waals surface area (Å²) in [4.78, 5) is 20.0. The highest BCUT2D eigenvalue weighted by Gasteiger charge is 2.05. The van der Waals surface area contributed by atoms with Gasteiger partial charge in [-0.2, -0.15) is 0 Å². The van der Waals surface area contributed by atoms with Gasteiger partial charge in [0.05, 0.1) is 11.0 Å². The van der Waals surface area contributed by atoms with E-state index >= 15 is 0 Å². The summed E-state index contributed by atoms with van der Waals surface area (Å²) in [5.74, 6) is -0.0607. The van der Waals surface area contributed by atoms with Crippen LogP contribution in [0.2, 0.25) is 0 Å². The largest absolute Gasteiger partial charge is 0.352 e. The molecular weight excluding hydrogens is 202 g/mol. The molecule has 0 aliphatic rings. The molecule has 2 aromatic rings. The molecule has 0 radical (unpaired) electrons. The molecule has 0 saturated heterocycles. The highest BCUT2D eigenvalue weighted by atomic mass is 16.1. The predicted molar refractivity (Wildman–Crippen MR) is 62.2 cm³/mol. The van der Waals surface area contributed by atoms with Crippen molar-refractivity contribution in [1.82, 2.24) is 15.3 Å². The van der Waals surface area contributed by atoms with E-state index in [0.29, 0.717) is 12.1 Å². The Morgan fingerprint density at radius 3 is 2.75 bits per heavy atom. The number of nitrogens with one attached hydrogen (secondary N) is 1. The van der Waals surface area contributed by atoms with Gasteiger partial charge >= 0.3 is 0 Å². The van der Waals surface area contributed by atoms with Crippen LogP contribution in [0.4, 0.5) is 0 Å². The molecule has 0 saturated carbocycles. The number of hydrogen-bond acceptors (Lipinski definition) is 3. The Hall–Kier alpha value is -1.97. The summed E-state index contributed by atoms with van der Waals surface area (Å²) in [7, 11) is 0. The van der Waals surface area contributed by atoms with E-state index in [-0.39, 0.29) is 5.91 Å². The second-order valence-electron chi connectivity index (χ2n) is 3.52. The minimum absolute atomic E-state index is 0.0607. The molecule has 2 rings (SSSR count). The third kappa shape index (κ3) is 2.16. The molecule has 4 heteroatoms. The van der Waals surface area contributed by atoms with Crippen LogP contribution < -0.4 is 5.32 Å². The van der Waals surface area contributed by atoms with Gasteiger partial charge in [-0.1, -0.05) is 6.92 Å². The van der Waals surface area contributed by atoms with Gasteiger partial charge in [0, 0.05) is 24.5 Å². The van der Waals surface area contributed by atoms with Gasteiger partial charge in [-0.25, -0.2) is 0 Å². The zero-order chi connectivity index (χ0) is 11.4. The van der Waals surface area contributed by atoms with E-state index in [0.717, 1.165) is 17.5 Å². The van der Waals surface area contributed by atoms with E-state index in [1.54, 1.807) is 24.5 Å². The SMILES string of the molecule is CCCNC(=O)c1ccc2nccnc2c1. The van der Waals surface area contributed by atoms with E-state index in [1.165, 1.54) is 0 Å². The third-order valence-electron chi connectivity index (χ3n) is 2.27.